The summed E-state index contributed by atoms with van der Waals surface area (Å²) in [7, 11) is -3.13. The highest BCUT2D eigenvalue weighted by Gasteiger charge is 2.35. The normalized spacial score (nSPS) is 22.4. The minimum absolute atomic E-state index is 0.0164. The van der Waals surface area contributed by atoms with E-state index in [1.807, 2.05) is 0 Å². The van der Waals surface area contributed by atoms with Gasteiger partial charge in [0.15, 0.2) is 9.84 Å². The minimum atomic E-state index is -4.48. The van der Waals surface area contributed by atoms with Gasteiger partial charge in [-0.2, -0.15) is 13.2 Å². The fraction of sp³-hybridized carbons (Fsp3) is 0.455. The first-order chi connectivity index (χ1) is 8.67. The van der Waals surface area contributed by atoms with Gasteiger partial charge in [0.05, 0.1) is 17.1 Å². The molecule has 1 atom stereocenters. The smallest absolute Gasteiger partial charge is 0.381 e. The Labute approximate surface area is 117 Å². The van der Waals surface area contributed by atoms with Gasteiger partial charge in [-0.15, -0.1) is 0 Å². The first-order valence-electron chi connectivity index (χ1n) is 5.51. The van der Waals surface area contributed by atoms with Gasteiger partial charge < -0.3 is 5.32 Å². The highest BCUT2D eigenvalue weighted by Crippen LogP contribution is 2.37. The van der Waals surface area contributed by atoms with Crippen molar-refractivity contribution < 1.29 is 21.6 Å². The summed E-state index contributed by atoms with van der Waals surface area (Å²) in [6.45, 7) is 0. The van der Waals surface area contributed by atoms with Crippen LogP contribution in [0.25, 0.3) is 0 Å². The van der Waals surface area contributed by atoms with E-state index in [-0.39, 0.29) is 17.2 Å². The molecule has 1 N–H and O–H groups in total. The predicted molar refractivity (Wildman–Crippen MR) is 69.8 cm³/mol. The second-order valence-electron chi connectivity index (χ2n) is 4.43. The van der Waals surface area contributed by atoms with Crippen LogP contribution in [0.1, 0.15) is 12.0 Å². The molecule has 0 aromatic heterocycles. The molecule has 1 heterocycles. The van der Waals surface area contributed by atoms with E-state index in [1.165, 1.54) is 12.1 Å². The summed E-state index contributed by atoms with van der Waals surface area (Å²) >= 11 is 3.00. The Bertz CT molecular complexity index is 586. The summed E-state index contributed by atoms with van der Waals surface area (Å²) in [4.78, 5) is 0. The molecule has 0 aliphatic carbocycles. The zero-order valence-corrected chi connectivity index (χ0v) is 12.1. The fourth-order valence-corrected chi connectivity index (χ4v) is 4.04. The van der Waals surface area contributed by atoms with Crippen molar-refractivity contribution >= 4 is 31.5 Å². The number of nitrogens with one attached hydrogen (secondary N) is 1. The van der Waals surface area contributed by atoms with E-state index in [1.54, 1.807) is 0 Å². The summed E-state index contributed by atoms with van der Waals surface area (Å²) < 4.78 is 61.5. The van der Waals surface area contributed by atoms with Gasteiger partial charge in [0.1, 0.15) is 0 Å². The summed E-state index contributed by atoms with van der Waals surface area (Å²) in [6.07, 6.45) is -4.15. The molecule has 19 heavy (non-hydrogen) atoms. The van der Waals surface area contributed by atoms with Crippen molar-refractivity contribution in [2.24, 2.45) is 0 Å². The third-order valence-corrected chi connectivity index (χ3v) is 5.14. The zero-order chi connectivity index (χ0) is 14.3. The molecule has 1 unspecified atom stereocenters. The highest BCUT2D eigenvalue weighted by atomic mass is 79.9. The lowest BCUT2D eigenvalue weighted by Crippen LogP contribution is -2.22. The molecule has 1 saturated heterocycles. The van der Waals surface area contributed by atoms with Crippen LogP contribution in [0.15, 0.2) is 22.7 Å². The number of hydrogen-bond acceptors (Lipinski definition) is 3. The highest BCUT2D eigenvalue weighted by molar-refractivity contribution is 9.10. The Morgan fingerprint density at radius 1 is 1.32 bits per heavy atom. The number of sulfone groups is 1. The largest absolute Gasteiger partial charge is 0.418 e. The monoisotopic (exact) mass is 357 g/mol. The molecule has 2 rings (SSSR count). The van der Waals surface area contributed by atoms with Crippen LogP contribution in [0.2, 0.25) is 0 Å². The van der Waals surface area contributed by atoms with Crippen molar-refractivity contribution in [2.45, 2.75) is 18.6 Å². The third-order valence-electron chi connectivity index (χ3n) is 2.88. The van der Waals surface area contributed by atoms with Crippen molar-refractivity contribution in [1.29, 1.82) is 0 Å². The summed E-state index contributed by atoms with van der Waals surface area (Å²) in [5.41, 5.74) is -0.885. The number of rotatable bonds is 2. The molecular formula is C11H11BrF3NO2S. The van der Waals surface area contributed by atoms with E-state index in [9.17, 15) is 21.6 Å². The second kappa shape index (κ2) is 4.97. The van der Waals surface area contributed by atoms with Crippen LogP contribution in [0.3, 0.4) is 0 Å². The van der Waals surface area contributed by atoms with Crippen LogP contribution >= 0.6 is 15.9 Å². The zero-order valence-electron chi connectivity index (χ0n) is 9.67. The second-order valence-corrected chi connectivity index (χ2v) is 7.58. The van der Waals surface area contributed by atoms with Gasteiger partial charge in [-0.05, 0) is 24.6 Å². The SMILES string of the molecule is O=S1(=O)CCC(Nc2ccc(Br)cc2C(F)(F)F)C1. The molecule has 1 aromatic carbocycles. The summed E-state index contributed by atoms with van der Waals surface area (Å²) in [6, 6.07) is 3.30. The van der Waals surface area contributed by atoms with E-state index in [4.69, 9.17) is 0 Å². The summed E-state index contributed by atoms with van der Waals surface area (Å²) in [5, 5.41) is 2.68. The Balaban J connectivity index is 2.26. The van der Waals surface area contributed by atoms with Crippen LogP contribution in [0, 0.1) is 0 Å². The van der Waals surface area contributed by atoms with Crippen LogP contribution in [0.5, 0.6) is 0 Å². The number of benzene rings is 1. The first kappa shape index (κ1) is 14.6. The van der Waals surface area contributed by atoms with Gasteiger partial charge in [-0.1, -0.05) is 15.9 Å². The Kier molecular flexibility index (Phi) is 3.83. The Morgan fingerprint density at radius 3 is 2.53 bits per heavy atom. The Morgan fingerprint density at radius 2 is 2.00 bits per heavy atom. The van der Waals surface area contributed by atoms with E-state index in [2.05, 4.69) is 21.2 Å². The molecule has 3 nitrogen and oxygen atoms in total. The number of hydrogen-bond donors (Lipinski definition) is 1. The quantitative estimate of drug-likeness (QED) is 0.884. The maximum Gasteiger partial charge on any atom is 0.418 e. The standard InChI is InChI=1S/C11H11BrF3NO2S/c12-7-1-2-10(9(5-7)11(13,14)15)16-8-3-4-19(17,18)6-8/h1-2,5,8,16H,3-4,6H2. The van der Waals surface area contributed by atoms with E-state index in [0.29, 0.717) is 10.9 Å². The van der Waals surface area contributed by atoms with E-state index >= 15 is 0 Å². The molecule has 1 aliphatic rings. The van der Waals surface area contributed by atoms with Crippen LogP contribution in [-0.2, 0) is 16.0 Å². The lowest BCUT2D eigenvalue weighted by molar-refractivity contribution is -0.137. The van der Waals surface area contributed by atoms with Gasteiger partial charge in [0, 0.05) is 16.2 Å². The number of alkyl halides is 3. The van der Waals surface area contributed by atoms with Crippen molar-refractivity contribution in [2.75, 3.05) is 16.8 Å². The molecule has 0 amide bonds. The van der Waals surface area contributed by atoms with Gasteiger partial charge in [0.2, 0.25) is 0 Å². The van der Waals surface area contributed by atoms with Crippen molar-refractivity contribution in [3.63, 3.8) is 0 Å². The van der Waals surface area contributed by atoms with E-state index < -0.39 is 27.6 Å². The molecule has 1 aliphatic heterocycles. The summed E-state index contributed by atoms with van der Waals surface area (Å²) in [5.74, 6) is -0.108. The lowest BCUT2D eigenvalue weighted by atomic mass is 10.1. The minimum Gasteiger partial charge on any atom is -0.381 e. The van der Waals surface area contributed by atoms with Crippen LogP contribution < -0.4 is 5.32 Å². The van der Waals surface area contributed by atoms with Gasteiger partial charge >= 0.3 is 6.18 Å². The van der Waals surface area contributed by atoms with Gasteiger partial charge in [0.25, 0.3) is 0 Å². The maximum atomic E-state index is 12.9. The molecule has 0 spiro atoms. The number of anilines is 1. The van der Waals surface area contributed by atoms with E-state index in [0.717, 1.165) is 6.07 Å². The molecule has 8 heteroatoms. The molecule has 1 fully saturated rings. The Hall–Kier alpha value is -0.760. The van der Waals surface area contributed by atoms with Crippen molar-refractivity contribution in [3.8, 4) is 0 Å². The number of halogens is 4. The first-order valence-corrected chi connectivity index (χ1v) is 8.12. The molecule has 1 aromatic rings. The maximum absolute atomic E-state index is 12.9. The molecular weight excluding hydrogens is 347 g/mol. The predicted octanol–water partition coefficient (Wildman–Crippen LogP) is 3.07. The molecule has 0 saturated carbocycles. The average Bonchev–Trinajstić information content (AvgIpc) is 2.59. The van der Waals surface area contributed by atoms with Crippen molar-refractivity contribution in [3.05, 3.63) is 28.2 Å². The third kappa shape index (κ3) is 3.62. The van der Waals surface area contributed by atoms with Crippen LogP contribution in [-0.4, -0.2) is 26.0 Å². The molecule has 0 bridgehead atoms. The lowest BCUT2D eigenvalue weighted by Gasteiger charge is -2.18. The average molecular weight is 358 g/mol. The van der Waals surface area contributed by atoms with Gasteiger partial charge in [-0.25, -0.2) is 8.42 Å². The molecule has 0 radical (unpaired) electrons. The molecule has 106 valence electrons. The topological polar surface area (TPSA) is 46.2 Å². The van der Waals surface area contributed by atoms with Crippen molar-refractivity contribution in [1.82, 2.24) is 0 Å². The van der Waals surface area contributed by atoms with Crippen LogP contribution in [0.4, 0.5) is 18.9 Å². The fourth-order valence-electron chi connectivity index (χ4n) is 2.01. The van der Waals surface area contributed by atoms with Gasteiger partial charge in [-0.3, -0.25) is 0 Å².